The number of sulfone groups is 1. The number of methoxy groups -OCH3 is 1. The van der Waals surface area contributed by atoms with Crippen LogP contribution in [-0.2, 0) is 19.4 Å². The second-order valence-electron chi connectivity index (χ2n) is 6.51. The number of carbonyl (C=O) groups is 1. The second-order valence-corrected chi connectivity index (χ2v) is 9.11. The van der Waals surface area contributed by atoms with Gasteiger partial charge in [0.25, 0.3) is 0 Å². The van der Waals surface area contributed by atoms with Gasteiger partial charge >= 0.3 is 5.97 Å². The van der Waals surface area contributed by atoms with Gasteiger partial charge in [-0.25, -0.2) is 12.8 Å². The zero-order valence-electron chi connectivity index (χ0n) is 14.8. The Bertz CT molecular complexity index is 976. The van der Waals surface area contributed by atoms with Gasteiger partial charge in [-0.2, -0.15) is 0 Å². The number of halogens is 2. The lowest BCUT2D eigenvalue weighted by atomic mass is 10.1. The number of hydrogen-bond donors (Lipinski definition) is 1. The number of aliphatic carboxylic acids is 1. The van der Waals surface area contributed by atoms with E-state index in [0.29, 0.717) is 11.5 Å². The van der Waals surface area contributed by atoms with Crippen LogP contribution in [0.25, 0.3) is 0 Å². The number of carboxylic acid groups (broad SMARTS) is 1. The average molecular weight is 429 g/mol. The summed E-state index contributed by atoms with van der Waals surface area (Å²) in [6, 6.07) is 9.47. The molecule has 0 saturated heterocycles. The Morgan fingerprint density at radius 1 is 1.14 bits per heavy atom. The molecule has 0 aliphatic heterocycles. The van der Waals surface area contributed by atoms with E-state index in [1.165, 1.54) is 49.6 Å². The average Bonchev–Trinajstić information content (AvgIpc) is 3.09. The van der Waals surface area contributed by atoms with Gasteiger partial charge in [-0.15, -0.1) is 0 Å². The van der Waals surface area contributed by atoms with Crippen molar-refractivity contribution in [2.45, 2.75) is 29.1 Å². The van der Waals surface area contributed by atoms with Crippen LogP contribution in [0, 0.1) is 11.7 Å². The molecule has 0 unspecified atom stereocenters. The smallest absolute Gasteiger partial charge is 0.309 e. The van der Waals surface area contributed by atoms with Crippen LogP contribution in [0.15, 0.2) is 47.4 Å². The number of ether oxygens (including phenoxy) is 2. The fourth-order valence-corrected chi connectivity index (χ4v) is 5.67. The highest BCUT2D eigenvalue weighted by Gasteiger charge is 2.45. The standard InChI is InChI=1S/C19H18ClFO6S/c1-26-17-10-14(9-15(17)19(22)23)28(24,25)18-7-6-13(8-16(18)20)27-12-4-2-11(21)3-5-12/h2-8,14-15,17H,9-10H2,1H3,(H,22,23)/t14-,15-,17-/m0/s1. The third-order valence-corrected chi connectivity index (χ3v) is 7.44. The Morgan fingerprint density at radius 2 is 1.79 bits per heavy atom. The zero-order valence-corrected chi connectivity index (χ0v) is 16.4. The van der Waals surface area contributed by atoms with E-state index in [9.17, 15) is 22.7 Å². The van der Waals surface area contributed by atoms with Gasteiger partial charge in [0.1, 0.15) is 17.3 Å². The number of carboxylic acids is 1. The van der Waals surface area contributed by atoms with Crippen LogP contribution in [0.3, 0.4) is 0 Å². The van der Waals surface area contributed by atoms with E-state index in [0.717, 1.165) is 0 Å². The summed E-state index contributed by atoms with van der Waals surface area (Å²) in [5, 5.41) is 8.34. The molecule has 0 aromatic heterocycles. The Hall–Kier alpha value is -2.16. The van der Waals surface area contributed by atoms with Crippen molar-refractivity contribution in [2.75, 3.05) is 7.11 Å². The van der Waals surface area contributed by atoms with E-state index in [-0.39, 0.29) is 22.8 Å². The minimum absolute atomic E-state index is 0.0349. The highest BCUT2D eigenvalue weighted by atomic mass is 35.5. The van der Waals surface area contributed by atoms with Gasteiger partial charge in [0.05, 0.1) is 27.2 Å². The molecule has 3 atom stereocenters. The molecule has 0 heterocycles. The van der Waals surface area contributed by atoms with Crippen molar-refractivity contribution in [1.82, 2.24) is 0 Å². The Balaban J connectivity index is 1.83. The lowest BCUT2D eigenvalue weighted by Crippen LogP contribution is -2.24. The summed E-state index contributed by atoms with van der Waals surface area (Å²) in [5.41, 5.74) is 0. The second kappa shape index (κ2) is 8.06. The summed E-state index contributed by atoms with van der Waals surface area (Å²) >= 11 is 6.19. The predicted molar refractivity (Wildman–Crippen MR) is 100 cm³/mol. The van der Waals surface area contributed by atoms with E-state index in [2.05, 4.69) is 0 Å². The van der Waals surface area contributed by atoms with Crippen molar-refractivity contribution in [3.63, 3.8) is 0 Å². The molecular weight excluding hydrogens is 411 g/mol. The molecule has 3 rings (SSSR count). The van der Waals surface area contributed by atoms with Crippen molar-refractivity contribution in [1.29, 1.82) is 0 Å². The van der Waals surface area contributed by atoms with E-state index in [1.807, 2.05) is 0 Å². The van der Waals surface area contributed by atoms with Crippen molar-refractivity contribution >= 4 is 27.4 Å². The molecule has 0 bridgehead atoms. The van der Waals surface area contributed by atoms with E-state index >= 15 is 0 Å². The minimum atomic E-state index is -3.85. The van der Waals surface area contributed by atoms with Crippen LogP contribution in [0.4, 0.5) is 4.39 Å². The quantitative estimate of drug-likeness (QED) is 0.749. The summed E-state index contributed by atoms with van der Waals surface area (Å²) in [7, 11) is -2.49. The monoisotopic (exact) mass is 428 g/mol. The third kappa shape index (κ3) is 4.14. The van der Waals surface area contributed by atoms with Crippen LogP contribution >= 0.6 is 11.6 Å². The zero-order chi connectivity index (χ0) is 20.5. The molecule has 1 saturated carbocycles. The van der Waals surface area contributed by atoms with Crippen molar-refractivity contribution in [3.05, 3.63) is 53.3 Å². The highest BCUT2D eigenvalue weighted by Crippen LogP contribution is 2.38. The Labute approximate surface area is 166 Å². The number of benzene rings is 2. The molecule has 0 radical (unpaired) electrons. The topological polar surface area (TPSA) is 89.9 Å². The van der Waals surface area contributed by atoms with Gasteiger partial charge in [0.2, 0.25) is 0 Å². The summed E-state index contributed by atoms with van der Waals surface area (Å²) < 4.78 is 49.6. The van der Waals surface area contributed by atoms with Crippen LogP contribution in [0.2, 0.25) is 5.02 Å². The minimum Gasteiger partial charge on any atom is -0.481 e. The molecule has 6 nitrogen and oxygen atoms in total. The Morgan fingerprint density at radius 3 is 2.32 bits per heavy atom. The Kier molecular flexibility index (Phi) is 5.92. The van der Waals surface area contributed by atoms with Crippen molar-refractivity contribution < 1.29 is 32.2 Å². The first kappa shape index (κ1) is 20.6. The SMILES string of the molecule is CO[C@H]1C[C@@H](S(=O)(=O)c2ccc(Oc3ccc(F)cc3)cc2Cl)C[C@@H]1C(=O)O. The molecule has 2 aromatic carbocycles. The summed E-state index contributed by atoms with van der Waals surface area (Å²) in [6.07, 6.45) is -0.627. The van der Waals surface area contributed by atoms with E-state index in [4.69, 9.17) is 21.1 Å². The molecule has 1 aliphatic carbocycles. The maximum absolute atomic E-state index is 13.0. The molecule has 1 aliphatic rings. The lowest BCUT2D eigenvalue weighted by Gasteiger charge is -2.14. The summed E-state index contributed by atoms with van der Waals surface area (Å²) in [4.78, 5) is 11.3. The molecule has 0 amide bonds. The van der Waals surface area contributed by atoms with Gasteiger partial charge in [0.15, 0.2) is 9.84 Å². The fourth-order valence-electron chi connectivity index (χ4n) is 3.32. The van der Waals surface area contributed by atoms with Gasteiger partial charge < -0.3 is 14.6 Å². The first-order valence-electron chi connectivity index (χ1n) is 8.45. The summed E-state index contributed by atoms with van der Waals surface area (Å²) in [6.45, 7) is 0. The maximum Gasteiger partial charge on any atom is 0.309 e. The molecule has 0 spiro atoms. The largest absolute Gasteiger partial charge is 0.481 e. The van der Waals surface area contributed by atoms with Gasteiger partial charge in [-0.05, 0) is 49.2 Å². The third-order valence-electron chi connectivity index (χ3n) is 4.78. The highest BCUT2D eigenvalue weighted by molar-refractivity contribution is 7.92. The molecule has 2 aromatic rings. The fraction of sp³-hybridized carbons (Fsp3) is 0.316. The first-order chi connectivity index (χ1) is 13.2. The molecule has 1 fully saturated rings. The maximum atomic E-state index is 13.0. The van der Waals surface area contributed by atoms with E-state index < -0.39 is 38.9 Å². The van der Waals surface area contributed by atoms with Crippen molar-refractivity contribution in [2.24, 2.45) is 5.92 Å². The molecule has 150 valence electrons. The molecular formula is C19H18ClFO6S. The number of hydrogen-bond acceptors (Lipinski definition) is 5. The van der Waals surface area contributed by atoms with E-state index in [1.54, 1.807) is 0 Å². The molecule has 28 heavy (non-hydrogen) atoms. The van der Waals surface area contributed by atoms with Gasteiger partial charge in [0, 0.05) is 13.2 Å². The molecule has 1 N–H and O–H groups in total. The predicted octanol–water partition coefficient (Wildman–Crippen LogP) is 3.92. The number of rotatable bonds is 6. The van der Waals surface area contributed by atoms with Crippen LogP contribution < -0.4 is 4.74 Å². The first-order valence-corrected chi connectivity index (χ1v) is 10.4. The van der Waals surface area contributed by atoms with Crippen LogP contribution in [-0.4, -0.2) is 38.0 Å². The van der Waals surface area contributed by atoms with Crippen LogP contribution in [0.1, 0.15) is 12.8 Å². The lowest BCUT2D eigenvalue weighted by molar-refractivity contribution is -0.145. The van der Waals surface area contributed by atoms with Gasteiger partial charge in [-0.1, -0.05) is 11.6 Å². The molecule has 9 heteroatoms. The van der Waals surface area contributed by atoms with Crippen molar-refractivity contribution in [3.8, 4) is 11.5 Å². The van der Waals surface area contributed by atoms with Crippen LogP contribution in [0.5, 0.6) is 11.5 Å². The van der Waals surface area contributed by atoms with Gasteiger partial charge in [-0.3, -0.25) is 4.79 Å². The summed E-state index contributed by atoms with van der Waals surface area (Å²) in [5.74, 6) is -1.71. The normalized spacial score (nSPS) is 22.2.